The first kappa shape index (κ1) is 16.5. The highest BCUT2D eigenvalue weighted by atomic mass is 32.2. The van der Waals surface area contributed by atoms with Gasteiger partial charge >= 0.3 is 0 Å². The van der Waals surface area contributed by atoms with Crippen molar-refractivity contribution in [2.24, 2.45) is 0 Å². The van der Waals surface area contributed by atoms with E-state index in [0.717, 1.165) is 18.9 Å². The number of rotatable bonds is 6. The number of nitrogens with one attached hydrogen (secondary N) is 1. The first-order valence-electron chi connectivity index (χ1n) is 7.53. The van der Waals surface area contributed by atoms with E-state index in [9.17, 15) is 18.5 Å². The third-order valence-electron chi connectivity index (χ3n) is 3.89. The summed E-state index contributed by atoms with van der Waals surface area (Å²) in [5, 5.41) is 14.0. The van der Waals surface area contributed by atoms with Crippen LogP contribution in [0.5, 0.6) is 0 Å². The Balaban J connectivity index is 1.96. The van der Waals surface area contributed by atoms with Crippen molar-refractivity contribution in [1.29, 1.82) is 0 Å². The molecule has 128 valence electrons. The number of nitrogens with zero attached hydrogens (tertiary/aromatic N) is 2. The topological polar surface area (TPSA) is 106 Å². The van der Waals surface area contributed by atoms with Crippen LogP contribution in [0.2, 0.25) is 0 Å². The molecule has 0 atom stereocenters. The van der Waals surface area contributed by atoms with E-state index in [-0.39, 0.29) is 17.1 Å². The molecule has 1 saturated heterocycles. The van der Waals surface area contributed by atoms with E-state index < -0.39 is 14.9 Å². The van der Waals surface area contributed by atoms with Gasteiger partial charge in [-0.2, -0.15) is 4.31 Å². The standard InChI is InChI=1S/C15H17N3O5S/c19-18(20)12-5-6-14(16-11-13-4-3-9-23-13)15(10-12)24(21,22)17-7-1-2-8-17/h3-6,9-10,16H,1-2,7-8,11H2. The molecule has 1 aromatic carbocycles. The Kier molecular flexibility index (Phi) is 4.54. The first-order valence-corrected chi connectivity index (χ1v) is 8.97. The maximum absolute atomic E-state index is 12.8. The van der Waals surface area contributed by atoms with Gasteiger partial charge in [0, 0.05) is 25.2 Å². The van der Waals surface area contributed by atoms with Crippen molar-refractivity contribution in [3.8, 4) is 0 Å². The Labute approximate surface area is 139 Å². The molecule has 24 heavy (non-hydrogen) atoms. The minimum absolute atomic E-state index is 0.0786. The van der Waals surface area contributed by atoms with E-state index >= 15 is 0 Å². The fraction of sp³-hybridized carbons (Fsp3) is 0.333. The lowest BCUT2D eigenvalue weighted by Gasteiger charge is -2.18. The zero-order valence-corrected chi connectivity index (χ0v) is 13.7. The lowest BCUT2D eigenvalue weighted by molar-refractivity contribution is -0.385. The van der Waals surface area contributed by atoms with Gasteiger partial charge in [0.05, 0.1) is 23.4 Å². The van der Waals surface area contributed by atoms with Crippen LogP contribution in [-0.4, -0.2) is 30.7 Å². The van der Waals surface area contributed by atoms with E-state index in [4.69, 9.17) is 4.42 Å². The minimum Gasteiger partial charge on any atom is -0.467 e. The van der Waals surface area contributed by atoms with Crippen molar-refractivity contribution in [2.45, 2.75) is 24.3 Å². The van der Waals surface area contributed by atoms with E-state index in [0.29, 0.717) is 24.5 Å². The van der Waals surface area contributed by atoms with Crippen LogP contribution in [0.1, 0.15) is 18.6 Å². The number of nitro benzene ring substituents is 1. The molecular formula is C15H17N3O5S. The zero-order chi connectivity index (χ0) is 17.2. The summed E-state index contributed by atoms with van der Waals surface area (Å²) in [6.45, 7) is 1.15. The van der Waals surface area contributed by atoms with Crippen molar-refractivity contribution >= 4 is 21.4 Å². The van der Waals surface area contributed by atoms with Crippen molar-refractivity contribution in [3.63, 3.8) is 0 Å². The Morgan fingerprint density at radius 2 is 2.00 bits per heavy atom. The van der Waals surface area contributed by atoms with Gasteiger partial charge in [0.15, 0.2) is 0 Å². The summed E-state index contributed by atoms with van der Waals surface area (Å²) in [5.74, 6) is 0.637. The average molecular weight is 351 g/mol. The van der Waals surface area contributed by atoms with Crippen LogP contribution in [-0.2, 0) is 16.6 Å². The third-order valence-corrected chi connectivity index (χ3v) is 5.83. The number of benzene rings is 1. The van der Waals surface area contributed by atoms with Crippen molar-refractivity contribution < 1.29 is 17.8 Å². The monoisotopic (exact) mass is 351 g/mol. The van der Waals surface area contributed by atoms with E-state index in [1.54, 1.807) is 12.1 Å². The van der Waals surface area contributed by atoms with Crippen LogP contribution in [0.3, 0.4) is 0 Å². The first-order chi connectivity index (χ1) is 11.5. The number of anilines is 1. The molecule has 0 amide bonds. The highest BCUT2D eigenvalue weighted by Crippen LogP contribution is 2.31. The van der Waals surface area contributed by atoms with Gasteiger partial charge in [-0.15, -0.1) is 0 Å². The van der Waals surface area contributed by atoms with E-state index in [1.165, 1.54) is 22.7 Å². The summed E-state index contributed by atoms with van der Waals surface area (Å²) < 4.78 is 32.2. The van der Waals surface area contributed by atoms with Crippen LogP contribution in [0.25, 0.3) is 0 Å². The SMILES string of the molecule is O=[N+]([O-])c1ccc(NCc2ccco2)c(S(=O)(=O)N2CCCC2)c1. The molecule has 8 nitrogen and oxygen atoms in total. The maximum atomic E-state index is 12.8. The number of furan rings is 1. The van der Waals surface area contributed by atoms with Crippen LogP contribution in [0.15, 0.2) is 45.9 Å². The van der Waals surface area contributed by atoms with Crippen LogP contribution in [0.4, 0.5) is 11.4 Å². The van der Waals surface area contributed by atoms with Crippen LogP contribution >= 0.6 is 0 Å². The summed E-state index contributed by atoms with van der Waals surface area (Å²) >= 11 is 0. The molecule has 0 radical (unpaired) electrons. The zero-order valence-electron chi connectivity index (χ0n) is 12.8. The van der Waals surface area contributed by atoms with Gasteiger partial charge in [-0.25, -0.2) is 8.42 Å². The quantitative estimate of drug-likeness (QED) is 0.633. The van der Waals surface area contributed by atoms with Gasteiger partial charge in [-0.1, -0.05) is 0 Å². The summed E-state index contributed by atoms with van der Waals surface area (Å²) in [4.78, 5) is 10.3. The fourth-order valence-electron chi connectivity index (χ4n) is 2.65. The molecule has 0 spiro atoms. The number of nitro groups is 1. The summed E-state index contributed by atoms with van der Waals surface area (Å²) in [6.07, 6.45) is 3.11. The second-order valence-electron chi connectivity index (χ2n) is 5.48. The molecule has 1 fully saturated rings. The van der Waals surface area contributed by atoms with Crippen molar-refractivity contribution in [2.75, 3.05) is 18.4 Å². The number of non-ortho nitro benzene ring substituents is 1. The van der Waals surface area contributed by atoms with Crippen molar-refractivity contribution in [1.82, 2.24) is 4.31 Å². The Hall–Kier alpha value is -2.39. The normalized spacial score (nSPS) is 15.5. The molecule has 1 aliphatic rings. The molecule has 0 saturated carbocycles. The number of hydrogen-bond acceptors (Lipinski definition) is 6. The predicted octanol–water partition coefficient (Wildman–Crippen LogP) is 2.58. The molecule has 2 aromatic rings. The number of hydrogen-bond donors (Lipinski definition) is 1. The van der Waals surface area contributed by atoms with E-state index in [2.05, 4.69) is 5.32 Å². The molecule has 0 unspecified atom stereocenters. The molecule has 0 aliphatic carbocycles. The Morgan fingerprint density at radius 1 is 1.25 bits per heavy atom. The van der Waals surface area contributed by atoms with Gasteiger partial charge in [0.25, 0.3) is 5.69 Å². The van der Waals surface area contributed by atoms with Gasteiger partial charge in [-0.05, 0) is 31.0 Å². The predicted molar refractivity (Wildman–Crippen MR) is 87.1 cm³/mol. The highest BCUT2D eigenvalue weighted by Gasteiger charge is 2.30. The Morgan fingerprint density at radius 3 is 2.62 bits per heavy atom. The molecule has 0 bridgehead atoms. The molecule has 3 rings (SSSR count). The molecule has 1 aliphatic heterocycles. The average Bonchev–Trinajstić information content (AvgIpc) is 3.26. The van der Waals surface area contributed by atoms with Gasteiger partial charge in [0.1, 0.15) is 10.7 Å². The maximum Gasteiger partial charge on any atom is 0.270 e. The summed E-state index contributed by atoms with van der Waals surface area (Å²) in [5.41, 5.74) is 0.0696. The minimum atomic E-state index is -3.78. The van der Waals surface area contributed by atoms with Gasteiger partial charge in [-0.3, -0.25) is 10.1 Å². The van der Waals surface area contributed by atoms with Crippen LogP contribution < -0.4 is 5.32 Å². The molecule has 9 heteroatoms. The second kappa shape index (κ2) is 6.62. The van der Waals surface area contributed by atoms with Gasteiger partial charge < -0.3 is 9.73 Å². The van der Waals surface area contributed by atoms with Crippen LogP contribution in [0, 0.1) is 10.1 Å². The summed E-state index contributed by atoms with van der Waals surface area (Å²) in [6, 6.07) is 7.30. The Bertz CT molecular complexity index is 827. The highest BCUT2D eigenvalue weighted by molar-refractivity contribution is 7.89. The van der Waals surface area contributed by atoms with Gasteiger partial charge in [0.2, 0.25) is 10.0 Å². The smallest absolute Gasteiger partial charge is 0.270 e. The summed E-state index contributed by atoms with van der Waals surface area (Å²) in [7, 11) is -3.78. The second-order valence-corrected chi connectivity index (χ2v) is 7.39. The molecule has 2 heterocycles. The third kappa shape index (κ3) is 3.26. The fourth-order valence-corrected chi connectivity index (χ4v) is 4.35. The molecule has 1 aromatic heterocycles. The van der Waals surface area contributed by atoms with E-state index in [1.807, 2.05) is 0 Å². The lowest BCUT2D eigenvalue weighted by atomic mass is 10.2. The van der Waals surface area contributed by atoms with Crippen molar-refractivity contribution in [3.05, 3.63) is 52.5 Å². The lowest BCUT2D eigenvalue weighted by Crippen LogP contribution is -2.28. The number of sulfonamides is 1. The molecule has 1 N–H and O–H groups in total. The molecular weight excluding hydrogens is 334 g/mol. The largest absolute Gasteiger partial charge is 0.467 e.